The number of thiophene rings is 1. The minimum atomic E-state index is 0.229. The van der Waals surface area contributed by atoms with Crippen LogP contribution in [0.5, 0.6) is 0 Å². The first-order valence-corrected chi connectivity index (χ1v) is 4.77. The van der Waals surface area contributed by atoms with E-state index in [2.05, 4.69) is 40.7 Å². The zero-order valence-electron chi connectivity index (χ0n) is 6.28. The molecule has 0 aliphatic carbocycles. The highest BCUT2D eigenvalue weighted by molar-refractivity contribution is 7.78. The fourth-order valence-electron chi connectivity index (χ4n) is 0.901. The molecule has 0 aliphatic heterocycles. The van der Waals surface area contributed by atoms with Crippen LogP contribution in [0.1, 0.15) is 24.3 Å². The van der Waals surface area contributed by atoms with Gasteiger partial charge in [0.25, 0.3) is 0 Å². The van der Waals surface area contributed by atoms with Crippen LogP contribution in [0.4, 0.5) is 0 Å². The Kier molecular flexibility index (Phi) is 3.43. The van der Waals surface area contributed by atoms with E-state index >= 15 is 0 Å². The summed E-state index contributed by atoms with van der Waals surface area (Å²) in [7, 11) is 0. The van der Waals surface area contributed by atoms with Gasteiger partial charge in [-0.2, -0.15) is 0 Å². The summed E-state index contributed by atoms with van der Waals surface area (Å²) >= 11 is 6.27. The van der Waals surface area contributed by atoms with Gasteiger partial charge >= 0.3 is 0 Å². The molecule has 0 amide bonds. The molecule has 1 nitrogen and oxygen atoms in total. The molecule has 1 aromatic heterocycles. The number of aliphatic imine (C=N–C) groups is 1. The standard InChI is InChI=1S/C8H9NS2/c1-2-7(9-6-10)8-4-3-5-11-8/h3-5,7H,2H2,1H3/t7-/m0/s1. The Labute approximate surface area is 75.8 Å². The zero-order chi connectivity index (χ0) is 8.10. The Hall–Kier alpha value is -0.500. The SMILES string of the molecule is CC[C@H](N=C=S)c1cccs1. The molecule has 0 radical (unpaired) electrons. The van der Waals surface area contributed by atoms with Crippen LogP contribution in [0.3, 0.4) is 0 Å². The smallest absolute Gasteiger partial charge is 0.0941 e. The van der Waals surface area contributed by atoms with Crippen molar-refractivity contribution in [3.8, 4) is 0 Å². The van der Waals surface area contributed by atoms with Gasteiger partial charge in [-0.15, -0.1) is 11.3 Å². The molecule has 0 N–H and O–H groups in total. The van der Waals surface area contributed by atoms with Crippen molar-refractivity contribution in [1.29, 1.82) is 0 Å². The molecule has 1 heterocycles. The van der Waals surface area contributed by atoms with Gasteiger partial charge in [-0.25, -0.2) is 4.99 Å². The summed E-state index contributed by atoms with van der Waals surface area (Å²) in [6, 6.07) is 4.34. The summed E-state index contributed by atoms with van der Waals surface area (Å²) in [5.41, 5.74) is 0. The summed E-state index contributed by atoms with van der Waals surface area (Å²) in [4.78, 5) is 5.33. The lowest BCUT2D eigenvalue weighted by Crippen LogP contribution is -1.87. The molecule has 1 atom stereocenters. The predicted molar refractivity (Wildman–Crippen MR) is 52.4 cm³/mol. The van der Waals surface area contributed by atoms with E-state index in [1.807, 2.05) is 6.07 Å². The summed E-state index contributed by atoms with van der Waals surface area (Å²) in [6.07, 6.45) is 0.990. The fraction of sp³-hybridized carbons (Fsp3) is 0.375. The van der Waals surface area contributed by atoms with E-state index in [4.69, 9.17) is 0 Å². The van der Waals surface area contributed by atoms with Crippen molar-refractivity contribution in [1.82, 2.24) is 0 Å². The lowest BCUT2D eigenvalue weighted by Gasteiger charge is -2.02. The average Bonchev–Trinajstić information content (AvgIpc) is 2.52. The number of hydrogen-bond donors (Lipinski definition) is 0. The van der Waals surface area contributed by atoms with Crippen LogP contribution in [0.2, 0.25) is 0 Å². The van der Waals surface area contributed by atoms with Crippen molar-refractivity contribution in [2.75, 3.05) is 0 Å². The fourth-order valence-corrected chi connectivity index (χ4v) is 1.88. The number of rotatable bonds is 3. The Balaban J connectivity index is 2.79. The van der Waals surface area contributed by atoms with Crippen molar-refractivity contribution in [3.63, 3.8) is 0 Å². The molecule has 0 bridgehead atoms. The molecule has 0 unspecified atom stereocenters. The van der Waals surface area contributed by atoms with E-state index in [0.717, 1.165) is 6.42 Å². The van der Waals surface area contributed by atoms with E-state index in [0.29, 0.717) is 0 Å². The van der Waals surface area contributed by atoms with E-state index < -0.39 is 0 Å². The van der Waals surface area contributed by atoms with E-state index in [-0.39, 0.29) is 6.04 Å². The maximum absolute atomic E-state index is 4.56. The van der Waals surface area contributed by atoms with Crippen LogP contribution in [-0.2, 0) is 0 Å². The van der Waals surface area contributed by atoms with Crippen LogP contribution in [0.25, 0.3) is 0 Å². The Morgan fingerprint density at radius 3 is 3.09 bits per heavy atom. The van der Waals surface area contributed by atoms with E-state index in [1.165, 1.54) is 4.88 Å². The number of nitrogens with zero attached hydrogens (tertiary/aromatic N) is 1. The zero-order valence-corrected chi connectivity index (χ0v) is 7.91. The molecule has 0 spiro atoms. The van der Waals surface area contributed by atoms with E-state index in [9.17, 15) is 0 Å². The highest BCUT2D eigenvalue weighted by atomic mass is 32.1. The highest BCUT2D eigenvalue weighted by Crippen LogP contribution is 2.24. The van der Waals surface area contributed by atoms with Gasteiger partial charge < -0.3 is 0 Å². The second-order valence-corrected chi connectivity index (χ2v) is 3.32. The molecule has 11 heavy (non-hydrogen) atoms. The Bertz CT molecular complexity index is 247. The van der Waals surface area contributed by atoms with Gasteiger partial charge in [0.15, 0.2) is 0 Å². The molecule has 58 valence electrons. The van der Waals surface area contributed by atoms with Crippen molar-refractivity contribution < 1.29 is 0 Å². The van der Waals surface area contributed by atoms with Crippen LogP contribution >= 0.6 is 23.6 Å². The van der Waals surface area contributed by atoms with Crippen LogP contribution < -0.4 is 0 Å². The van der Waals surface area contributed by atoms with Crippen LogP contribution in [-0.4, -0.2) is 5.16 Å². The normalized spacial score (nSPS) is 12.1. The molecule has 0 saturated carbocycles. The van der Waals surface area contributed by atoms with Gasteiger partial charge in [0.1, 0.15) is 0 Å². The van der Waals surface area contributed by atoms with Gasteiger partial charge in [-0.05, 0) is 30.1 Å². The monoisotopic (exact) mass is 183 g/mol. The summed E-state index contributed by atoms with van der Waals surface area (Å²) in [5, 5.41) is 4.47. The molecule has 3 heteroatoms. The van der Waals surface area contributed by atoms with Crippen molar-refractivity contribution >= 4 is 28.7 Å². The summed E-state index contributed by atoms with van der Waals surface area (Å²) in [5.74, 6) is 0. The van der Waals surface area contributed by atoms with Gasteiger partial charge in [0.05, 0.1) is 11.2 Å². The maximum Gasteiger partial charge on any atom is 0.0941 e. The molecule has 0 aromatic carbocycles. The topological polar surface area (TPSA) is 12.4 Å². The third-order valence-electron chi connectivity index (χ3n) is 1.47. The van der Waals surface area contributed by atoms with Gasteiger partial charge in [0.2, 0.25) is 0 Å². The largest absolute Gasteiger partial charge is 0.223 e. The van der Waals surface area contributed by atoms with Gasteiger partial charge in [-0.3, -0.25) is 0 Å². The Morgan fingerprint density at radius 2 is 2.64 bits per heavy atom. The number of hydrogen-bond acceptors (Lipinski definition) is 3. The minimum absolute atomic E-state index is 0.229. The minimum Gasteiger partial charge on any atom is -0.223 e. The molecule has 1 rings (SSSR count). The lowest BCUT2D eigenvalue weighted by atomic mass is 10.2. The lowest BCUT2D eigenvalue weighted by molar-refractivity contribution is 0.720. The third-order valence-corrected chi connectivity index (χ3v) is 2.55. The Morgan fingerprint density at radius 1 is 1.82 bits per heavy atom. The average molecular weight is 183 g/mol. The van der Waals surface area contributed by atoms with Crippen LogP contribution in [0.15, 0.2) is 22.5 Å². The van der Waals surface area contributed by atoms with Crippen molar-refractivity contribution in [3.05, 3.63) is 22.4 Å². The van der Waals surface area contributed by atoms with E-state index in [1.54, 1.807) is 11.3 Å². The third kappa shape index (κ3) is 2.22. The number of isothiocyanates is 1. The second-order valence-electron chi connectivity index (χ2n) is 2.16. The predicted octanol–water partition coefficient (Wildman–Crippen LogP) is 3.30. The van der Waals surface area contributed by atoms with Gasteiger partial charge in [-0.1, -0.05) is 13.0 Å². The van der Waals surface area contributed by atoms with Gasteiger partial charge in [0, 0.05) is 4.88 Å². The molecule has 0 aliphatic rings. The first kappa shape index (κ1) is 8.60. The molecule has 1 aromatic rings. The first-order valence-electron chi connectivity index (χ1n) is 3.49. The molecular formula is C8H9NS2. The summed E-state index contributed by atoms with van der Waals surface area (Å²) < 4.78 is 0. The van der Waals surface area contributed by atoms with Crippen molar-refractivity contribution in [2.45, 2.75) is 19.4 Å². The highest BCUT2D eigenvalue weighted by Gasteiger charge is 2.06. The molecule has 0 saturated heterocycles. The molecular weight excluding hydrogens is 174 g/mol. The van der Waals surface area contributed by atoms with Crippen LogP contribution in [0, 0.1) is 0 Å². The second kappa shape index (κ2) is 4.39. The van der Waals surface area contributed by atoms with Crippen molar-refractivity contribution in [2.24, 2.45) is 4.99 Å². The summed E-state index contributed by atoms with van der Waals surface area (Å²) in [6.45, 7) is 2.10. The molecule has 0 fully saturated rings. The number of thiocarbonyl (C=S) groups is 1. The quantitative estimate of drug-likeness (QED) is 0.517. The maximum atomic E-state index is 4.56. The first-order chi connectivity index (χ1) is 5.38.